The third-order valence-corrected chi connectivity index (χ3v) is 2.48. The molecule has 0 atom stereocenters. The highest BCUT2D eigenvalue weighted by molar-refractivity contribution is 6.24. The summed E-state index contributed by atoms with van der Waals surface area (Å²) in [5, 5.41) is 0. The fourth-order valence-corrected chi connectivity index (χ4v) is 1.59. The van der Waals surface area contributed by atoms with Gasteiger partial charge in [-0.1, -0.05) is 0 Å². The molecule has 0 amide bonds. The fraction of sp³-hybridized carbons (Fsp3) is 0.308. The van der Waals surface area contributed by atoms with Crippen LogP contribution in [0.3, 0.4) is 0 Å². The SMILES string of the molecule is COC1=C(C)C(=O)C(OC)=C(/C=C/C(C)=O)C1=O. The maximum absolute atomic E-state index is 12.1. The van der Waals surface area contributed by atoms with Crippen molar-refractivity contribution in [1.82, 2.24) is 0 Å². The molecule has 0 bridgehead atoms. The lowest BCUT2D eigenvalue weighted by Crippen LogP contribution is -2.24. The Balaban J connectivity index is 3.35. The molecular formula is C13H14O5. The number of rotatable bonds is 4. The molecule has 5 nitrogen and oxygen atoms in total. The number of carbonyl (C=O) groups excluding carboxylic acids is 3. The summed E-state index contributed by atoms with van der Waals surface area (Å²) in [6.45, 7) is 2.83. The molecule has 0 saturated carbocycles. The van der Waals surface area contributed by atoms with Crippen molar-refractivity contribution in [2.75, 3.05) is 14.2 Å². The minimum atomic E-state index is -0.469. The van der Waals surface area contributed by atoms with Gasteiger partial charge in [0, 0.05) is 5.57 Å². The van der Waals surface area contributed by atoms with Gasteiger partial charge >= 0.3 is 0 Å². The molecule has 1 aliphatic rings. The van der Waals surface area contributed by atoms with Crippen LogP contribution in [-0.4, -0.2) is 31.6 Å². The van der Waals surface area contributed by atoms with Gasteiger partial charge in [0.25, 0.3) is 0 Å². The van der Waals surface area contributed by atoms with Crippen LogP contribution in [0.25, 0.3) is 0 Å². The monoisotopic (exact) mass is 250 g/mol. The second kappa shape index (κ2) is 5.44. The van der Waals surface area contributed by atoms with Gasteiger partial charge in [-0.2, -0.15) is 0 Å². The second-order valence-electron chi connectivity index (χ2n) is 3.71. The van der Waals surface area contributed by atoms with Crippen molar-refractivity contribution >= 4 is 17.3 Å². The van der Waals surface area contributed by atoms with Gasteiger partial charge in [0.1, 0.15) is 0 Å². The predicted octanol–water partition coefficient (Wildman–Crippen LogP) is 1.10. The maximum atomic E-state index is 12.1. The summed E-state index contributed by atoms with van der Waals surface area (Å²) in [6, 6.07) is 0. The molecule has 0 aromatic heterocycles. The van der Waals surface area contributed by atoms with E-state index in [-0.39, 0.29) is 28.4 Å². The van der Waals surface area contributed by atoms with E-state index in [2.05, 4.69) is 0 Å². The third-order valence-electron chi connectivity index (χ3n) is 2.48. The highest BCUT2D eigenvalue weighted by Crippen LogP contribution is 2.26. The Bertz CT molecular complexity index is 505. The lowest BCUT2D eigenvalue weighted by molar-refractivity contribution is -0.120. The average Bonchev–Trinajstić information content (AvgIpc) is 2.32. The van der Waals surface area contributed by atoms with E-state index in [0.29, 0.717) is 0 Å². The van der Waals surface area contributed by atoms with Crippen LogP contribution in [-0.2, 0) is 23.9 Å². The van der Waals surface area contributed by atoms with Gasteiger partial charge in [0.2, 0.25) is 11.6 Å². The molecule has 1 aliphatic carbocycles. The van der Waals surface area contributed by atoms with Gasteiger partial charge < -0.3 is 9.47 Å². The van der Waals surface area contributed by atoms with Crippen molar-refractivity contribution < 1.29 is 23.9 Å². The number of Topliss-reactive ketones (excluding diaryl/α,β-unsaturated/α-hetero) is 2. The molecule has 96 valence electrons. The van der Waals surface area contributed by atoms with Crippen molar-refractivity contribution in [3.05, 3.63) is 34.8 Å². The first-order valence-electron chi connectivity index (χ1n) is 5.25. The lowest BCUT2D eigenvalue weighted by atomic mass is 9.93. The number of hydrogen-bond acceptors (Lipinski definition) is 5. The van der Waals surface area contributed by atoms with Crippen LogP contribution in [0.5, 0.6) is 0 Å². The van der Waals surface area contributed by atoms with Crippen molar-refractivity contribution in [1.29, 1.82) is 0 Å². The second-order valence-corrected chi connectivity index (χ2v) is 3.71. The summed E-state index contributed by atoms with van der Waals surface area (Å²) in [7, 11) is 2.61. The summed E-state index contributed by atoms with van der Waals surface area (Å²) in [6.07, 6.45) is 2.47. The molecule has 0 radical (unpaired) electrons. The van der Waals surface area contributed by atoms with Crippen molar-refractivity contribution in [3.8, 4) is 0 Å². The Morgan fingerprint density at radius 3 is 2.06 bits per heavy atom. The molecule has 0 heterocycles. The van der Waals surface area contributed by atoms with Gasteiger partial charge in [-0.25, -0.2) is 0 Å². The minimum Gasteiger partial charge on any atom is -0.492 e. The number of allylic oxidation sites excluding steroid dienone is 4. The van der Waals surface area contributed by atoms with Crippen molar-refractivity contribution in [3.63, 3.8) is 0 Å². The molecule has 0 aliphatic heterocycles. The summed E-state index contributed by atoms with van der Waals surface area (Å²) in [5.41, 5.74) is 0.222. The lowest BCUT2D eigenvalue weighted by Gasteiger charge is -2.18. The Hall–Kier alpha value is -2.17. The first-order valence-corrected chi connectivity index (χ1v) is 5.25. The van der Waals surface area contributed by atoms with Crippen molar-refractivity contribution in [2.24, 2.45) is 0 Å². The number of ketones is 3. The fourth-order valence-electron chi connectivity index (χ4n) is 1.59. The van der Waals surface area contributed by atoms with Crippen LogP contribution in [0, 0.1) is 0 Å². The molecule has 5 heteroatoms. The van der Waals surface area contributed by atoms with Crippen LogP contribution < -0.4 is 0 Å². The molecule has 18 heavy (non-hydrogen) atoms. The zero-order valence-electron chi connectivity index (χ0n) is 10.7. The molecule has 0 saturated heterocycles. The normalized spacial score (nSPS) is 16.7. The Morgan fingerprint density at radius 2 is 1.61 bits per heavy atom. The Morgan fingerprint density at radius 1 is 1.06 bits per heavy atom. The summed E-state index contributed by atoms with van der Waals surface area (Å²) < 4.78 is 9.86. The highest BCUT2D eigenvalue weighted by atomic mass is 16.5. The number of methoxy groups -OCH3 is 2. The average molecular weight is 250 g/mol. The minimum absolute atomic E-state index is 0.0241. The number of ether oxygens (including phenoxy) is 2. The summed E-state index contributed by atoms with van der Waals surface area (Å²) in [4.78, 5) is 34.9. The molecule has 0 N–H and O–H groups in total. The van der Waals surface area contributed by atoms with Crippen molar-refractivity contribution in [2.45, 2.75) is 13.8 Å². The van der Waals surface area contributed by atoms with Gasteiger partial charge in [0.05, 0.1) is 19.8 Å². The van der Waals surface area contributed by atoms with Gasteiger partial charge in [-0.3, -0.25) is 14.4 Å². The van der Waals surface area contributed by atoms with Gasteiger partial charge in [-0.15, -0.1) is 0 Å². The third kappa shape index (κ3) is 2.40. The molecule has 0 unspecified atom stereocenters. The van der Waals surface area contributed by atoms with E-state index in [1.165, 1.54) is 40.2 Å². The zero-order valence-corrected chi connectivity index (χ0v) is 10.7. The van der Waals surface area contributed by atoms with Crippen LogP contribution in [0.4, 0.5) is 0 Å². The smallest absolute Gasteiger partial charge is 0.231 e. The van der Waals surface area contributed by atoms with E-state index in [4.69, 9.17) is 9.47 Å². The largest absolute Gasteiger partial charge is 0.492 e. The summed E-state index contributed by atoms with van der Waals surface area (Å²) in [5.74, 6) is -1.22. The molecule has 0 aromatic rings. The Kier molecular flexibility index (Phi) is 4.20. The van der Waals surface area contributed by atoms with Crippen LogP contribution >= 0.6 is 0 Å². The van der Waals surface area contributed by atoms with Crippen LogP contribution in [0.15, 0.2) is 34.8 Å². The van der Waals surface area contributed by atoms with Crippen LogP contribution in [0.2, 0.25) is 0 Å². The first kappa shape index (κ1) is 13.9. The topological polar surface area (TPSA) is 69.7 Å². The molecule has 0 aromatic carbocycles. The quantitative estimate of drug-likeness (QED) is 0.552. The molecule has 1 rings (SSSR count). The van der Waals surface area contributed by atoms with E-state index >= 15 is 0 Å². The summed E-state index contributed by atoms with van der Waals surface area (Å²) >= 11 is 0. The van der Waals surface area contributed by atoms with Gasteiger partial charge in [-0.05, 0) is 26.0 Å². The predicted molar refractivity (Wildman–Crippen MR) is 63.6 cm³/mol. The van der Waals surface area contributed by atoms with E-state index in [0.717, 1.165) is 0 Å². The first-order chi connectivity index (χ1) is 8.43. The molecule has 0 fully saturated rings. The van der Waals surface area contributed by atoms with Gasteiger partial charge in [0.15, 0.2) is 17.3 Å². The van der Waals surface area contributed by atoms with E-state index in [9.17, 15) is 14.4 Å². The molecule has 0 spiro atoms. The maximum Gasteiger partial charge on any atom is 0.231 e. The number of hydrogen-bond donors (Lipinski definition) is 0. The zero-order chi connectivity index (χ0) is 13.9. The van der Waals surface area contributed by atoms with E-state index < -0.39 is 11.6 Å². The Labute approximate surface area is 105 Å². The highest BCUT2D eigenvalue weighted by Gasteiger charge is 2.33. The van der Waals surface area contributed by atoms with E-state index in [1.54, 1.807) is 0 Å². The van der Waals surface area contributed by atoms with E-state index in [1.807, 2.05) is 0 Å². The number of carbonyl (C=O) groups is 3. The standard InChI is InChI=1S/C13H14O5/c1-7(14)5-6-9-11(16)12(17-3)8(2)10(15)13(9)18-4/h5-6H,1-4H3/b6-5+. The van der Waals surface area contributed by atoms with Crippen LogP contribution in [0.1, 0.15) is 13.8 Å². The molecular weight excluding hydrogens is 236 g/mol.